The molecule has 1 aliphatic carbocycles. The van der Waals surface area contributed by atoms with E-state index in [2.05, 4.69) is 53.5 Å². The molecule has 1 nitrogen and oxygen atoms in total. The Morgan fingerprint density at radius 2 is 2.05 bits per heavy atom. The Bertz CT molecular complexity index is 388. The van der Waals surface area contributed by atoms with Crippen LogP contribution in [-0.4, -0.2) is 12.1 Å². The standard InChI is InChI=1S/C16H26BrNS/c1-16(2,3)18-11-13(12-6-4-5-7-12)10-15-14(17)8-9-19-15/h8-9,12-13,18H,4-7,10-11H2,1-3H3. The van der Waals surface area contributed by atoms with Gasteiger partial charge in [-0.2, -0.15) is 0 Å². The molecule has 0 spiro atoms. The van der Waals surface area contributed by atoms with Crippen molar-refractivity contribution in [3.05, 3.63) is 20.8 Å². The lowest BCUT2D eigenvalue weighted by atomic mass is 9.87. The van der Waals surface area contributed by atoms with Crippen LogP contribution < -0.4 is 5.32 Å². The molecule has 1 aromatic heterocycles. The van der Waals surface area contributed by atoms with Crippen molar-refractivity contribution >= 4 is 27.3 Å². The molecule has 0 aromatic carbocycles. The Balaban J connectivity index is 1.99. The van der Waals surface area contributed by atoms with Crippen molar-refractivity contribution in [2.24, 2.45) is 11.8 Å². The summed E-state index contributed by atoms with van der Waals surface area (Å²) in [5.41, 5.74) is 0.226. The van der Waals surface area contributed by atoms with Crippen LogP contribution in [0.25, 0.3) is 0 Å². The molecule has 0 saturated heterocycles. The lowest BCUT2D eigenvalue weighted by Gasteiger charge is -2.29. The topological polar surface area (TPSA) is 12.0 Å². The summed E-state index contributed by atoms with van der Waals surface area (Å²) >= 11 is 5.58. The lowest BCUT2D eigenvalue weighted by Crippen LogP contribution is -2.41. The summed E-state index contributed by atoms with van der Waals surface area (Å²) in [5, 5.41) is 5.92. The van der Waals surface area contributed by atoms with Crippen LogP contribution in [0.4, 0.5) is 0 Å². The maximum atomic E-state index is 3.72. The highest BCUT2D eigenvalue weighted by atomic mass is 79.9. The Kier molecular flexibility index (Phi) is 5.50. The molecule has 0 amide bonds. The number of hydrogen-bond acceptors (Lipinski definition) is 2. The minimum Gasteiger partial charge on any atom is -0.312 e. The average molecular weight is 344 g/mol. The summed E-state index contributed by atoms with van der Waals surface area (Å²) in [6, 6.07) is 2.18. The van der Waals surface area contributed by atoms with E-state index in [4.69, 9.17) is 0 Å². The number of halogens is 1. The summed E-state index contributed by atoms with van der Waals surface area (Å²) in [6.45, 7) is 7.94. The predicted molar refractivity (Wildman–Crippen MR) is 88.9 cm³/mol. The van der Waals surface area contributed by atoms with Gasteiger partial charge in [-0.15, -0.1) is 11.3 Å². The second-order valence-electron chi connectivity index (χ2n) is 6.83. The zero-order valence-corrected chi connectivity index (χ0v) is 14.7. The molecule has 1 aromatic rings. The second kappa shape index (κ2) is 6.73. The van der Waals surface area contributed by atoms with Crippen molar-refractivity contribution in [3.63, 3.8) is 0 Å². The normalized spacial score (nSPS) is 18.9. The smallest absolute Gasteiger partial charge is 0.0314 e. The highest BCUT2D eigenvalue weighted by Crippen LogP contribution is 2.35. The van der Waals surface area contributed by atoms with E-state index in [1.165, 1.54) is 41.5 Å². The maximum Gasteiger partial charge on any atom is 0.0314 e. The van der Waals surface area contributed by atoms with Gasteiger partial charge in [0, 0.05) is 14.9 Å². The van der Waals surface area contributed by atoms with Crippen LogP contribution in [0.15, 0.2) is 15.9 Å². The molecule has 0 radical (unpaired) electrons. The molecule has 19 heavy (non-hydrogen) atoms. The van der Waals surface area contributed by atoms with E-state index in [1.54, 1.807) is 0 Å². The molecule has 0 aliphatic heterocycles. The van der Waals surface area contributed by atoms with Gasteiger partial charge in [0.15, 0.2) is 0 Å². The fourth-order valence-electron chi connectivity index (χ4n) is 2.98. The van der Waals surface area contributed by atoms with Crippen molar-refractivity contribution in [2.75, 3.05) is 6.54 Å². The molecule has 1 fully saturated rings. The summed E-state index contributed by atoms with van der Waals surface area (Å²) in [7, 11) is 0. The van der Waals surface area contributed by atoms with E-state index in [0.717, 1.165) is 18.4 Å². The third kappa shape index (κ3) is 4.87. The SMILES string of the molecule is CC(C)(C)NCC(Cc1sccc1Br)C1CCCC1. The van der Waals surface area contributed by atoms with Crippen LogP contribution in [0.3, 0.4) is 0 Å². The molecule has 1 atom stereocenters. The fraction of sp³-hybridized carbons (Fsp3) is 0.750. The zero-order valence-electron chi connectivity index (χ0n) is 12.3. The second-order valence-corrected chi connectivity index (χ2v) is 8.69. The third-order valence-electron chi connectivity index (χ3n) is 4.10. The first-order valence-electron chi connectivity index (χ1n) is 7.42. The van der Waals surface area contributed by atoms with Crippen LogP contribution in [0.5, 0.6) is 0 Å². The molecule has 1 N–H and O–H groups in total. The van der Waals surface area contributed by atoms with E-state index in [9.17, 15) is 0 Å². The molecule has 1 aliphatic rings. The molecule has 1 unspecified atom stereocenters. The Labute approximate surface area is 130 Å². The summed E-state index contributed by atoms with van der Waals surface area (Å²) < 4.78 is 1.30. The largest absolute Gasteiger partial charge is 0.312 e. The quantitative estimate of drug-likeness (QED) is 0.769. The Morgan fingerprint density at radius 1 is 1.37 bits per heavy atom. The van der Waals surface area contributed by atoms with Crippen LogP contribution >= 0.6 is 27.3 Å². The van der Waals surface area contributed by atoms with Gasteiger partial charge in [0.05, 0.1) is 0 Å². The molecular weight excluding hydrogens is 318 g/mol. The molecule has 3 heteroatoms. The van der Waals surface area contributed by atoms with Gasteiger partial charge < -0.3 is 5.32 Å². The van der Waals surface area contributed by atoms with Gasteiger partial charge in [-0.05, 0) is 72.9 Å². The lowest BCUT2D eigenvalue weighted by molar-refractivity contribution is 0.287. The Hall–Kier alpha value is 0.140. The molecule has 2 rings (SSSR count). The summed E-state index contributed by atoms with van der Waals surface area (Å²) in [6.07, 6.45) is 6.95. The summed E-state index contributed by atoms with van der Waals surface area (Å²) in [5.74, 6) is 1.71. The van der Waals surface area contributed by atoms with Gasteiger partial charge in [0.1, 0.15) is 0 Å². The Morgan fingerprint density at radius 3 is 2.58 bits per heavy atom. The number of thiophene rings is 1. The summed E-state index contributed by atoms with van der Waals surface area (Å²) in [4.78, 5) is 1.52. The highest BCUT2D eigenvalue weighted by molar-refractivity contribution is 9.10. The van der Waals surface area contributed by atoms with Gasteiger partial charge in [-0.3, -0.25) is 0 Å². The molecule has 1 saturated carbocycles. The first kappa shape index (κ1) is 15.5. The minimum absolute atomic E-state index is 0.226. The highest BCUT2D eigenvalue weighted by Gasteiger charge is 2.27. The van der Waals surface area contributed by atoms with Gasteiger partial charge in [0.2, 0.25) is 0 Å². The van der Waals surface area contributed by atoms with Crippen molar-refractivity contribution in [2.45, 2.75) is 58.4 Å². The molecule has 108 valence electrons. The molecular formula is C16H26BrNS. The van der Waals surface area contributed by atoms with E-state index in [0.29, 0.717) is 0 Å². The van der Waals surface area contributed by atoms with E-state index in [1.807, 2.05) is 11.3 Å². The van der Waals surface area contributed by atoms with Crippen molar-refractivity contribution in [3.8, 4) is 0 Å². The maximum absolute atomic E-state index is 3.72. The van der Waals surface area contributed by atoms with Crippen molar-refractivity contribution in [1.82, 2.24) is 5.32 Å². The third-order valence-corrected chi connectivity index (χ3v) is 6.05. The zero-order chi connectivity index (χ0) is 13.9. The first-order valence-corrected chi connectivity index (χ1v) is 9.10. The molecule has 0 bridgehead atoms. The number of rotatable bonds is 5. The number of hydrogen-bond donors (Lipinski definition) is 1. The van der Waals surface area contributed by atoms with Gasteiger partial charge >= 0.3 is 0 Å². The van der Waals surface area contributed by atoms with Crippen molar-refractivity contribution < 1.29 is 0 Å². The molecule has 1 heterocycles. The predicted octanol–water partition coefficient (Wildman–Crippen LogP) is 5.25. The number of nitrogens with one attached hydrogen (secondary N) is 1. The average Bonchev–Trinajstić information content (AvgIpc) is 2.95. The van der Waals surface area contributed by atoms with E-state index in [-0.39, 0.29) is 5.54 Å². The van der Waals surface area contributed by atoms with Crippen LogP contribution in [-0.2, 0) is 6.42 Å². The van der Waals surface area contributed by atoms with Gasteiger partial charge in [-0.25, -0.2) is 0 Å². The van der Waals surface area contributed by atoms with E-state index >= 15 is 0 Å². The van der Waals surface area contributed by atoms with Gasteiger partial charge in [0.25, 0.3) is 0 Å². The van der Waals surface area contributed by atoms with Crippen LogP contribution in [0.2, 0.25) is 0 Å². The van der Waals surface area contributed by atoms with Gasteiger partial charge in [-0.1, -0.05) is 25.7 Å². The first-order chi connectivity index (χ1) is 8.96. The minimum atomic E-state index is 0.226. The van der Waals surface area contributed by atoms with Crippen molar-refractivity contribution in [1.29, 1.82) is 0 Å². The van der Waals surface area contributed by atoms with Crippen LogP contribution in [0.1, 0.15) is 51.3 Å². The fourth-order valence-corrected chi connectivity index (χ4v) is 4.59. The van der Waals surface area contributed by atoms with Crippen LogP contribution in [0, 0.1) is 11.8 Å². The monoisotopic (exact) mass is 343 g/mol. The van der Waals surface area contributed by atoms with E-state index < -0.39 is 0 Å².